The molecule has 2 aromatic heterocycles. The van der Waals surface area contributed by atoms with Crippen molar-refractivity contribution in [3.63, 3.8) is 0 Å². The Balaban J connectivity index is 0.00000408. The number of carbonyl (C=O) groups is 1. The Labute approximate surface area is 209 Å². The van der Waals surface area contributed by atoms with Crippen molar-refractivity contribution in [2.45, 2.75) is 26.5 Å². The van der Waals surface area contributed by atoms with Crippen LogP contribution in [0.25, 0.3) is 0 Å². The predicted octanol–water partition coefficient (Wildman–Crippen LogP) is 2.94. The topological polar surface area (TPSA) is 109 Å². The van der Waals surface area contributed by atoms with Crippen LogP contribution in [0.5, 0.6) is 5.75 Å². The maximum atomic E-state index is 14.0. The normalized spacial score (nSPS) is 10.5. The molecule has 1 amide bonds. The lowest BCUT2D eigenvalue weighted by molar-refractivity contribution is -0.120. The SMILES string of the molecule is CNCC(=O)NCc1cnc(Cc2c(C)[nH]c(=O)c(Br)c2OCc2ccc(F)cc2F)cn1.Cl. The van der Waals surface area contributed by atoms with Gasteiger partial charge in [0.1, 0.15) is 28.5 Å². The highest BCUT2D eigenvalue weighted by molar-refractivity contribution is 9.10. The number of amides is 1. The largest absolute Gasteiger partial charge is 0.487 e. The van der Waals surface area contributed by atoms with Crippen LogP contribution in [0.1, 0.15) is 28.2 Å². The standard InChI is InChI=1S/C22H22BrF2N5O3.ClH/c1-12-17(6-15-7-28-16(8-27-15)9-29-19(31)10-26-2)21(20(23)22(32)30-12)33-11-13-3-4-14(24)5-18(13)25;/h3-5,7-8,26H,6,9-11H2,1-2H3,(H,29,31)(H,30,32);1H. The first-order chi connectivity index (χ1) is 15.8. The minimum Gasteiger partial charge on any atom is -0.487 e. The number of aryl methyl sites for hydroxylation is 1. The molecule has 0 aliphatic rings. The molecule has 0 atom stereocenters. The highest BCUT2D eigenvalue weighted by Gasteiger charge is 2.18. The minimum absolute atomic E-state index is 0. The van der Waals surface area contributed by atoms with Gasteiger partial charge in [-0.25, -0.2) is 8.78 Å². The van der Waals surface area contributed by atoms with Gasteiger partial charge in [-0.2, -0.15) is 0 Å². The van der Waals surface area contributed by atoms with Gasteiger partial charge in [0.05, 0.1) is 30.7 Å². The first kappa shape index (κ1) is 27.4. The van der Waals surface area contributed by atoms with E-state index in [4.69, 9.17) is 4.74 Å². The number of likely N-dealkylation sites (N-methyl/N-ethyl adjacent to an activating group) is 1. The van der Waals surface area contributed by atoms with Gasteiger partial charge in [0.15, 0.2) is 0 Å². The van der Waals surface area contributed by atoms with E-state index in [0.717, 1.165) is 12.1 Å². The van der Waals surface area contributed by atoms with E-state index in [1.54, 1.807) is 26.4 Å². The summed E-state index contributed by atoms with van der Waals surface area (Å²) in [6.07, 6.45) is 3.41. The third kappa shape index (κ3) is 7.05. The first-order valence-electron chi connectivity index (χ1n) is 9.97. The summed E-state index contributed by atoms with van der Waals surface area (Å²) in [5.41, 5.74) is 2.13. The number of hydrogen-bond acceptors (Lipinski definition) is 6. The Morgan fingerprint density at radius 3 is 2.56 bits per heavy atom. The van der Waals surface area contributed by atoms with Gasteiger partial charge in [0.25, 0.3) is 5.56 Å². The maximum absolute atomic E-state index is 14.0. The number of benzene rings is 1. The zero-order valence-corrected chi connectivity index (χ0v) is 20.8. The van der Waals surface area contributed by atoms with Crippen molar-refractivity contribution in [1.82, 2.24) is 25.6 Å². The van der Waals surface area contributed by atoms with Gasteiger partial charge < -0.3 is 20.4 Å². The van der Waals surface area contributed by atoms with Crippen LogP contribution in [0.4, 0.5) is 8.78 Å². The number of nitrogens with one attached hydrogen (secondary N) is 3. The summed E-state index contributed by atoms with van der Waals surface area (Å²) in [4.78, 5) is 35.2. The average Bonchev–Trinajstić information content (AvgIpc) is 2.78. The molecule has 0 aliphatic carbocycles. The van der Waals surface area contributed by atoms with E-state index >= 15 is 0 Å². The van der Waals surface area contributed by atoms with Crippen LogP contribution < -0.4 is 20.9 Å². The average molecular weight is 559 g/mol. The molecule has 0 bridgehead atoms. The van der Waals surface area contributed by atoms with E-state index in [2.05, 4.69) is 41.5 Å². The molecule has 0 saturated heterocycles. The molecule has 0 radical (unpaired) electrons. The van der Waals surface area contributed by atoms with Crippen LogP contribution in [-0.4, -0.2) is 34.5 Å². The fourth-order valence-corrected chi connectivity index (χ4v) is 3.47. The summed E-state index contributed by atoms with van der Waals surface area (Å²) in [6.45, 7) is 1.97. The van der Waals surface area contributed by atoms with Crippen molar-refractivity contribution in [2.75, 3.05) is 13.6 Å². The molecular formula is C22H23BrClF2N5O3. The molecule has 3 N–H and O–H groups in total. The molecule has 3 aromatic rings. The quantitative estimate of drug-likeness (QED) is 0.373. The van der Waals surface area contributed by atoms with Gasteiger partial charge in [-0.05, 0) is 42.0 Å². The molecule has 2 heterocycles. The third-order valence-corrected chi connectivity index (χ3v) is 5.45. The number of nitrogens with zero attached hydrogens (tertiary/aromatic N) is 2. The Morgan fingerprint density at radius 2 is 1.91 bits per heavy atom. The predicted molar refractivity (Wildman–Crippen MR) is 128 cm³/mol. The monoisotopic (exact) mass is 557 g/mol. The Kier molecular flexibility index (Phi) is 10.1. The molecule has 0 unspecified atom stereocenters. The van der Waals surface area contributed by atoms with Crippen LogP contribution in [-0.2, 0) is 24.4 Å². The van der Waals surface area contributed by atoms with E-state index in [1.807, 2.05) is 0 Å². The number of halogens is 4. The second-order valence-electron chi connectivity index (χ2n) is 7.21. The lowest BCUT2D eigenvalue weighted by Gasteiger charge is -2.15. The van der Waals surface area contributed by atoms with E-state index in [-0.39, 0.29) is 60.2 Å². The van der Waals surface area contributed by atoms with Gasteiger partial charge in [-0.1, -0.05) is 0 Å². The zero-order valence-electron chi connectivity index (χ0n) is 18.4. The van der Waals surface area contributed by atoms with Gasteiger partial charge in [-0.15, -0.1) is 12.4 Å². The van der Waals surface area contributed by atoms with Crippen LogP contribution in [0, 0.1) is 18.6 Å². The van der Waals surface area contributed by atoms with E-state index in [1.165, 1.54) is 6.07 Å². The van der Waals surface area contributed by atoms with Crippen molar-refractivity contribution >= 4 is 34.2 Å². The van der Waals surface area contributed by atoms with Gasteiger partial charge in [-0.3, -0.25) is 19.6 Å². The molecule has 182 valence electrons. The number of hydrogen-bond donors (Lipinski definition) is 3. The fourth-order valence-electron chi connectivity index (χ4n) is 3.02. The van der Waals surface area contributed by atoms with Gasteiger partial charge in [0.2, 0.25) is 5.91 Å². The maximum Gasteiger partial charge on any atom is 0.266 e. The van der Waals surface area contributed by atoms with Crippen LogP contribution >= 0.6 is 28.3 Å². The number of pyridine rings is 1. The summed E-state index contributed by atoms with van der Waals surface area (Å²) in [6, 6.07) is 3.20. The highest BCUT2D eigenvalue weighted by atomic mass is 79.9. The zero-order chi connectivity index (χ0) is 24.0. The molecule has 0 saturated carbocycles. The Bertz CT molecular complexity index is 1210. The third-order valence-electron chi connectivity index (χ3n) is 4.73. The van der Waals surface area contributed by atoms with Crippen LogP contribution in [0.2, 0.25) is 0 Å². The highest BCUT2D eigenvalue weighted by Crippen LogP contribution is 2.30. The van der Waals surface area contributed by atoms with Crippen molar-refractivity contribution in [1.29, 1.82) is 0 Å². The number of H-pyrrole nitrogens is 1. The number of aromatic amines is 1. The van der Waals surface area contributed by atoms with Crippen LogP contribution in [0.15, 0.2) is 39.9 Å². The minimum atomic E-state index is -0.738. The number of rotatable bonds is 9. The van der Waals surface area contributed by atoms with Gasteiger partial charge in [0, 0.05) is 35.5 Å². The number of carbonyl (C=O) groups excluding carboxylic acids is 1. The molecule has 3 rings (SSSR count). The summed E-state index contributed by atoms with van der Waals surface area (Å²) in [7, 11) is 1.68. The molecular weight excluding hydrogens is 536 g/mol. The molecule has 0 fully saturated rings. The van der Waals surface area contributed by atoms with E-state index < -0.39 is 17.2 Å². The Hall–Kier alpha value is -2.89. The molecule has 1 aromatic carbocycles. The van der Waals surface area contributed by atoms with Gasteiger partial charge >= 0.3 is 0 Å². The summed E-state index contributed by atoms with van der Waals surface area (Å²) >= 11 is 3.24. The second kappa shape index (κ2) is 12.5. The van der Waals surface area contributed by atoms with Crippen molar-refractivity contribution < 1.29 is 18.3 Å². The van der Waals surface area contributed by atoms with Crippen molar-refractivity contribution in [3.8, 4) is 5.75 Å². The molecule has 12 heteroatoms. The number of ether oxygens (including phenoxy) is 1. The summed E-state index contributed by atoms with van der Waals surface area (Å²) < 4.78 is 33.1. The van der Waals surface area contributed by atoms with Crippen molar-refractivity contribution in [3.05, 3.63) is 85.3 Å². The molecule has 8 nitrogen and oxygen atoms in total. The smallest absolute Gasteiger partial charge is 0.266 e. The lowest BCUT2D eigenvalue weighted by atomic mass is 10.1. The summed E-state index contributed by atoms with van der Waals surface area (Å²) in [5, 5.41) is 5.48. The van der Waals surface area contributed by atoms with Crippen LogP contribution in [0.3, 0.4) is 0 Å². The fraction of sp³-hybridized carbons (Fsp3) is 0.273. The second-order valence-corrected chi connectivity index (χ2v) is 8.00. The van der Waals surface area contributed by atoms with Crippen molar-refractivity contribution in [2.24, 2.45) is 0 Å². The number of aromatic nitrogens is 3. The lowest BCUT2D eigenvalue weighted by Crippen LogP contribution is -2.31. The first-order valence-corrected chi connectivity index (χ1v) is 10.8. The molecule has 0 aliphatic heterocycles. The van der Waals surface area contributed by atoms with E-state index in [0.29, 0.717) is 22.6 Å². The van der Waals surface area contributed by atoms with E-state index in [9.17, 15) is 18.4 Å². The summed E-state index contributed by atoms with van der Waals surface area (Å²) in [5.74, 6) is -1.34. The molecule has 0 spiro atoms. The Morgan fingerprint density at radius 1 is 1.21 bits per heavy atom. The molecule has 34 heavy (non-hydrogen) atoms.